The Kier molecular flexibility index (Phi) is 12.0. The molecule has 4 amide bonds. The van der Waals surface area contributed by atoms with Crippen molar-refractivity contribution >= 4 is 33.7 Å². The Hall–Kier alpha value is -2.41. The topological polar surface area (TPSA) is 171 Å². The van der Waals surface area contributed by atoms with Gasteiger partial charge in [0.15, 0.2) is 15.9 Å². The zero-order chi connectivity index (χ0) is 33.7. The van der Waals surface area contributed by atoms with Crippen LogP contribution in [-0.2, 0) is 29.0 Å². The van der Waals surface area contributed by atoms with Crippen molar-refractivity contribution < 1.29 is 37.4 Å². The summed E-state index contributed by atoms with van der Waals surface area (Å²) in [5, 5.41) is 19.4. The van der Waals surface area contributed by atoms with Gasteiger partial charge in [0.25, 0.3) is 0 Å². The number of amides is 4. The molecule has 4 rings (SSSR count). The van der Waals surface area contributed by atoms with Gasteiger partial charge in [0.1, 0.15) is 12.1 Å². The van der Waals surface area contributed by atoms with Gasteiger partial charge in [0, 0.05) is 6.54 Å². The molecule has 0 spiro atoms. The van der Waals surface area contributed by atoms with Gasteiger partial charge in [-0.2, -0.15) is 0 Å². The van der Waals surface area contributed by atoms with Crippen LogP contribution >= 0.6 is 0 Å². The van der Waals surface area contributed by atoms with E-state index in [4.69, 9.17) is 4.74 Å². The van der Waals surface area contributed by atoms with Crippen LogP contribution in [0, 0.1) is 11.8 Å². The number of urea groups is 1. The minimum atomic E-state index is -3.53. The Morgan fingerprint density at radius 3 is 2.13 bits per heavy atom. The molecule has 0 bridgehead atoms. The summed E-state index contributed by atoms with van der Waals surface area (Å²) < 4.78 is 30.3. The Bertz CT molecular complexity index is 1200. The van der Waals surface area contributed by atoms with E-state index in [1.54, 1.807) is 20.8 Å². The van der Waals surface area contributed by atoms with E-state index in [2.05, 4.69) is 16.0 Å². The molecule has 0 aromatic rings. The van der Waals surface area contributed by atoms with Gasteiger partial charge >= 0.3 is 12.0 Å². The maximum absolute atomic E-state index is 14.3. The van der Waals surface area contributed by atoms with Crippen molar-refractivity contribution in [3.05, 3.63) is 0 Å². The van der Waals surface area contributed by atoms with Crippen molar-refractivity contribution in [2.75, 3.05) is 19.4 Å². The molecule has 1 saturated heterocycles. The molecule has 3 saturated carbocycles. The summed E-state index contributed by atoms with van der Waals surface area (Å²) >= 11 is 0. The molecule has 4 fully saturated rings. The summed E-state index contributed by atoms with van der Waals surface area (Å²) in [6, 6.07) is -3.03. The van der Waals surface area contributed by atoms with Crippen LogP contribution in [-0.4, -0.2) is 96.2 Å². The molecule has 3 aliphatic carbocycles. The molecule has 1 aliphatic heterocycles. The highest BCUT2D eigenvalue weighted by molar-refractivity contribution is 7.92. The number of sulfone groups is 1. The third-order valence-corrected chi connectivity index (χ3v) is 13.3. The van der Waals surface area contributed by atoms with Crippen molar-refractivity contribution in [1.82, 2.24) is 20.9 Å². The summed E-state index contributed by atoms with van der Waals surface area (Å²) in [5.74, 6) is -1.53. The second kappa shape index (κ2) is 15.2. The Morgan fingerprint density at radius 2 is 1.54 bits per heavy atom. The van der Waals surface area contributed by atoms with Gasteiger partial charge in [0.05, 0.1) is 29.2 Å². The van der Waals surface area contributed by atoms with Gasteiger partial charge in [-0.05, 0) is 77.6 Å². The fraction of sp³-hybridized carbons (Fsp3) is 0.879. The standard InChI is InChI=1S/C33H56N4O8S/c1-32(2,3)46(43,44)21-33(17-9-6-10-18-33)36-31(42)35-26(23-12-7-5-8-13-23)29(40)37-19-11-14-25(37)28(39)34-24(20-22-15-16-22)27(38)30(41)45-4/h22-27,38H,5-21H2,1-4H3,(H,34,39)(H2,35,36,42)/t24?,25-,26-,27?/m0/s1. The van der Waals surface area contributed by atoms with Crippen LogP contribution in [0.15, 0.2) is 0 Å². The number of likely N-dealkylation sites (tertiary alicyclic amines) is 1. The number of ether oxygens (including phenoxy) is 1. The minimum Gasteiger partial charge on any atom is -0.467 e. The number of aliphatic hydroxyl groups excluding tert-OH is 1. The normalized spacial score (nSPS) is 24.4. The quantitative estimate of drug-likeness (QED) is 0.230. The Labute approximate surface area is 274 Å². The van der Waals surface area contributed by atoms with Gasteiger partial charge in [-0.25, -0.2) is 18.0 Å². The minimum absolute atomic E-state index is 0.110. The van der Waals surface area contributed by atoms with E-state index in [-0.39, 0.29) is 17.6 Å². The summed E-state index contributed by atoms with van der Waals surface area (Å²) in [6.07, 6.45) is 10.0. The van der Waals surface area contributed by atoms with Crippen molar-refractivity contribution in [3.63, 3.8) is 0 Å². The lowest BCUT2D eigenvalue weighted by atomic mass is 9.82. The Morgan fingerprint density at radius 1 is 0.913 bits per heavy atom. The average Bonchev–Trinajstić information content (AvgIpc) is 3.69. The number of aliphatic hydroxyl groups is 1. The first-order chi connectivity index (χ1) is 21.7. The molecule has 0 radical (unpaired) electrons. The number of hydrogen-bond donors (Lipinski definition) is 4. The second-order valence-electron chi connectivity index (χ2n) is 15.1. The fourth-order valence-electron chi connectivity index (χ4n) is 7.41. The van der Waals surface area contributed by atoms with Crippen LogP contribution in [0.2, 0.25) is 0 Å². The molecule has 2 unspecified atom stereocenters. The van der Waals surface area contributed by atoms with Crippen LogP contribution in [0.25, 0.3) is 0 Å². The maximum atomic E-state index is 14.3. The lowest BCUT2D eigenvalue weighted by molar-refractivity contribution is -0.153. The molecular formula is C33H56N4O8S. The highest BCUT2D eigenvalue weighted by Gasteiger charge is 2.45. The molecule has 4 aliphatic rings. The summed E-state index contributed by atoms with van der Waals surface area (Å²) in [4.78, 5) is 55.3. The van der Waals surface area contributed by atoms with Crippen LogP contribution in [0.3, 0.4) is 0 Å². The van der Waals surface area contributed by atoms with Crippen molar-refractivity contribution in [3.8, 4) is 0 Å². The third-order valence-electron chi connectivity index (χ3n) is 10.5. The number of hydrogen-bond acceptors (Lipinski definition) is 8. The van der Waals surface area contributed by atoms with Crippen LogP contribution in [0.1, 0.15) is 117 Å². The van der Waals surface area contributed by atoms with Gasteiger partial charge in [0.2, 0.25) is 11.8 Å². The van der Waals surface area contributed by atoms with E-state index in [0.29, 0.717) is 44.6 Å². The average molecular weight is 669 g/mol. The molecular weight excluding hydrogens is 612 g/mol. The summed E-state index contributed by atoms with van der Waals surface area (Å²) in [5.41, 5.74) is -0.915. The predicted molar refractivity (Wildman–Crippen MR) is 173 cm³/mol. The number of rotatable bonds is 12. The summed E-state index contributed by atoms with van der Waals surface area (Å²) in [6.45, 7) is 5.36. The lowest BCUT2D eigenvalue weighted by Gasteiger charge is -2.40. The first-order valence-corrected chi connectivity index (χ1v) is 19.0. The molecule has 4 N–H and O–H groups in total. The zero-order valence-electron chi connectivity index (χ0n) is 28.1. The van der Waals surface area contributed by atoms with Crippen molar-refractivity contribution in [1.29, 1.82) is 0 Å². The first-order valence-electron chi connectivity index (χ1n) is 17.3. The van der Waals surface area contributed by atoms with Gasteiger partial charge in [-0.15, -0.1) is 0 Å². The number of nitrogens with one attached hydrogen (secondary N) is 3. The van der Waals surface area contributed by atoms with Crippen LogP contribution in [0.5, 0.6) is 0 Å². The van der Waals surface area contributed by atoms with E-state index in [9.17, 15) is 32.7 Å². The SMILES string of the molecule is COC(=O)C(O)C(CC1CC1)NC(=O)[C@@H]1CCCN1C(=O)[C@@H](NC(=O)NC1(CS(=O)(=O)C(C)(C)C)CCCCC1)C1CCCCC1. The lowest BCUT2D eigenvalue weighted by Crippen LogP contribution is -2.62. The largest absolute Gasteiger partial charge is 0.467 e. The molecule has 13 heteroatoms. The molecule has 262 valence electrons. The molecule has 0 aromatic heterocycles. The maximum Gasteiger partial charge on any atom is 0.336 e. The first kappa shape index (κ1) is 36.4. The number of esters is 1. The monoisotopic (exact) mass is 668 g/mol. The molecule has 0 aromatic carbocycles. The summed E-state index contributed by atoms with van der Waals surface area (Å²) in [7, 11) is -2.35. The van der Waals surface area contributed by atoms with E-state index < -0.39 is 62.3 Å². The van der Waals surface area contributed by atoms with Crippen LogP contribution < -0.4 is 16.0 Å². The number of carbonyl (C=O) groups is 4. The molecule has 1 heterocycles. The molecule has 4 atom stereocenters. The van der Waals surface area contributed by atoms with E-state index >= 15 is 0 Å². The molecule has 46 heavy (non-hydrogen) atoms. The highest BCUT2D eigenvalue weighted by atomic mass is 32.2. The number of methoxy groups -OCH3 is 1. The van der Waals surface area contributed by atoms with E-state index in [1.807, 2.05) is 0 Å². The fourth-order valence-corrected chi connectivity index (χ4v) is 8.93. The molecule has 12 nitrogen and oxygen atoms in total. The third kappa shape index (κ3) is 9.14. The smallest absolute Gasteiger partial charge is 0.336 e. The zero-order valence-corrected chi connectivity index (χ0v) is 29.0. The second-order valence-corrected chi connectivity index (χ2v) is 17.9. The highest BCUT2D eigenvalue weighted by Crippen LogP contribution is 2.35. The van der Waals surface area contributed by atoms with Gasteiger partial charge in [-0.1, -0.05) is 51.4 Å². The number of carbonyl (C=O) groups excluding carboxylic acids is 4. The van der Waals surface area contributed by atoms with E-state index in [1.165, 1.54) is 12.0 Å². The predicted octanol–water partition coefficient (Wildman–Crippen LogP) is 2.96. The van der Waals surface area contributed by atoms with Crippen molar-refractivity contribution in [2.24, 2.45) is 11.8 Å². The van der Waals surface area contributed by atoms with Gasteiger partial charge < -0.3 is 30.7 Å². The van der Waals surface area contributed by atoms with E-state index in [0.717, 1.165) is 64.2 Å². The van der Waals surface area contributed by atoms with Crippen molar-refractivity contribution in [2.45, 2.75) is 152 Å². The van der Waals surface area contributed by atoms with Crippen LogP contribution in [0.4, 0.5) is 4.79 Å². The van der Waals surface area contributed by atoms with Gasteiger partial charge in [-0.3, -0.25) is 9.59 Å². The number of nitrogens with zero attached hydrogens (tertiary/aromatic N) is 1. The Balaban J connectivity index is 1.50.